The maximum atomic E-state index is 12.1. The van der Waals surface area contributed by atoms with Crippen molar-refractivity contribution in [3.63, 3.8) is 0 Å². The number of carbonyl (C=O) groups excluding carboxylic acids is 2. The van der Waals surface area contributed by atoms with E-state index in [1.165, 1.54) is 19.3 Å². The van der Waals surface area contributed by atoms with E-state index in [0.717, 1.165) is 48.8 Å². The van der Waals surface area contributed by atoms with E-state index in [1.807, 2.05) is 0 Å². The maximum absolute atomic E-state index is 12.1. The number of hydrogen-bond donors (Lipinski definition) is 1. The van der Waals surface area contributed by atoms with Gasteiger partial charge in [0.2, 0.25) is 5.91 Å². The summed E-state index contributed by atoms with van der Waals surface area (Å²) in [6.07, 6.45) is 7.45. The number of carboxylic acid groups (broad SMARTS) is 1. The highest BCUT2D eigenvalue weighted by Crippen LogP contribution is 2.55. The molecule has 4 fully saturated rings. The van der Waals surface area contributed by atoms with Gasteiger partial charge in [-0.15, -0.1) is 11.8 Å². The van der Waals surface area contributed by atoms with Crippen LogP contribution in [-0.2, 0) is 9.59 Å². The number of carboxylic acids is 1. The first-order valence-electron chi connectivity index (χ1n) is 7.59. The third kappa shape index (κ3) is 2.83. The van der Waals surface area contributed by atoms with Crippen LogP contribution in [-0.4, -0.2) is 28.4 Å². The highest BCUT2D eigenvalue weighted by atomic mass is 32.2. The molecule has 0 unspecified atom stereocenters. The van der Waals surface area contributed by atoms with E-state index in [9.17, 15) is 14.7 Å². The van der Waals surface area contributed by atoms with Gasteiger partial charge < -0.3 is 15.2 Å². The second kappa shape index (κ2) is 5.24. The minimum atomic E-state index is -1.10. The second-order valence-corrected chi connectivity index (χ2v) is 8.35. The zero-order valence-corrected chi connectivity index (χ0v) is 12.7. The molecule has 4 aliphatic carbocycles. The molecule has 0 spiro atoms. The van der Waals surface area contributed by atoms with Gasteiger partial charge in [-0.1, -0.05) is 0 Å². The molecule has 4 aliphatic rings. The fourth-order valence-corrected chi connectivity index (χ4v) is 5.47. The summed E-state index contributed by atoms with van der Waals surface area (Å²) in [5.74, 6) is 1.52. The summed E-state index contributed by atoms with van der Waals surface area (Å²) in [5.41, 5.74) is 0.0249. The van der Waals surface area contributed by atoms with Crippen molar-refractivity contribution in [3.8, 4) is 0 Å². The molecule has 4 bridgehead atoms. The van der Waals surface area contributed by atoms with Crippen molar-refractivity contribution in [2.75, 3.05) is 5.75 Å². The fourth-order valence-electron chi connectivity index (χ4n) is 4.86. The number of aliphatic carboxylic acids is 1. The molecule has 0 heterocycles. The van der Waals surface area contributed by atoms with Crippen LogP contribution in [0.1, 0.15) is 45.4 Å². The molecule has 0 aliphatic heterocycles. The second-order valence-electron chi connectivity index (χ2n) is 7.02. The SMILES string of the molecule is C[C@H](SCC(=O)NC12CC3CC(CC(C3)C1)C2)C(=O)[O-]. The molecule has 0 saturated heterocycles. The Labute approximate surface area is 124 Å². The molecular formula is C15H22NO3S-. The van der Waals surface area contributed by atoms with Gasteiger partial charge in [0.05, 0.1) is 11.7 Å². The molecule has 4 nitrogen and oxygen atoms in total. The Kier molecular flexibility index (Phi) is 3.73. The number of rotatable bonds is 5. The molecule has 1 atom stereocenters. The molecule has 5 heteroatoms. The van der Waals surface area contributed by atoms with Crippen molar-refractivity contribution in [3.05, 3.63) is 0 Å². The van der Waals surface area contributed by atoms with Gasteiger partial charge in [0.1, 0.15) is 0 Å². The Morgan fingerprint density at radius 2 is 1.70 bits per heavy atom. The van der Waals surface area contributed by atoms with Gasteiger partial charge in [0.15, 0.2) is 0 Å². The molecule has 4 rings (SSSR count). The number of hydrogen-bond acceptors (Lipinski definition) is 4. The molecule has 0 aromatic rings. The van der Waals surface area contributed by atoms with E-state index in [2.05, 4.69) is 5.32 Å². The highest BCUT2D eigenvalue weighted by molar-refractivity contribution is 8.01. The van der Waals surface area contributed by atoms with E-state index in [-0.39, 0.29) is 17.2 Å². The highest BCUT2D eigenvalue weighted by Gasteiger charge is 2.51. The molecular weight excluding hydrogens is 274 g/mol. The third-order valence-corrected chi connectivity index (χ3v) is 6.36. The normalized spacial score (nSPS) is 39.5. The van der Waals surface area contributed by atoms with Crippen molar-refractivity contribution in [2.24, 2.45) is 17.8 Å². The first kappa shape index (κ1) is 14.2. The minimum absolute atomic E-state index is 0.00921. The summed E-state index contributed by atoms with van der Waals surface area (Å²) in [5, 5.41) is 13.3. The Bertz CT molecular complexity index is 388. The van der Waals surface area contributed by atoms with Crippen LogP contribution < -0.4 is 10.4 Å². The van der Waals surface area contributed by atoms with Crippen LogP contribution in [0.2, 0.25) is 0 Å². The first-order chi connectivity index (χ1) is 9.46. The zero-order valence-electron chi connectivity index (χ0n) is 11.9. The molecule has 0 aromatic carbocycles. The Balaban J connectivity index is 1.55. The van der Waals surface area contributed by atoms with E-state index in [1.54, 1.807) is 6.92 Å². The standard InChI is InChI=1S/C15H23NO3S/c1-9(14(18)19)20-8-13(17)16-15-5-10-2-11(6-15)4-12(3-10)7-15/h9-12H,2-8H2,1H3,(H,16,17)(H,18,19)/p-1/t9-,10?,11?,12?,15?/m0/s1. The first-order valence-corrected chi connectivity index (χ1v) is 8.64. The third-order valence-electron chi connectivity index (χ3n) is 5.24. The molecule has 4 saturated carbocycles. The average Bonchev–Trinajstić information content (AvgIpc) is 2.33. The van der Waals surface area contributed by atoms with E-state index in [0.29, 0.717) is 0 Å². The number of thioether (sulfide) groups is 1. The van der Waals surface area contributed by atoms with E-state index >= 15 is 0 Å². The van der Waals surface area contributed by atoms with Crippen molar-refractivity contribution < 1.29 is 14.7 Å². The van der Waals surface area contributed by atoms with Crippen LogP contribution in [0.4, 0.5) is 0 Å². The van der Waals surface area contributed by atoms with Crippen molar-refractivity contribution in [2.45, 2.75) is 56.2 Å². The quantitative estimate of drug-likeness (QED) is 0.820. The van der Waals surface area contributed by atoms with Crippen LogP contribution in [0.5, 0.6) is 0 Å². The lowest BCUT2D eigenvalue weighted by Gasteiger charge is -2.56. The predicted molar refractivity (Wildman–Crippen MR) is 76.0 cm³/mol. The Morgan fingerprint density at radius 3 is 2.15 bits per heavy atom. The van der Waals surface area contributed by atoms with Gasteiger partial charge in [-0.05, 0) is 63.2 Å². The lowest BCUT2D eigenvalue weighted by atomic mass is 9.53. The van der Waals surface area contributed by atoms with Gasteiger partial charge in [-0.3, -0.25) is 4.79 Å². The Morgan fingerprint density at radius 1 is 1.20 bits per heavy atom. The summed E-state index contributed by atoms with van der Waals surface area (Å²) in [7, 11) is 0. The molecule has 1 N–H and O–H groups in total. The maximum Gasteiger partial charge on any atom is 0.230 e. The van der Waals surface area contributed by atoms with Crippen molar-refractivity contribution >= 4 is 23.6 Å². The summed E-state index contributed by atoms with van der Waals surface area (Å²) in [6, 6.07) is 0. The lowest BCUT2D eigenvalue weighted by molar-refractivity contribution is -0.304. The van der Waals surface area contributed by atoms with Gasteiger partial charge in [0.25, 0.3) is 0 Å². The fraction of sp³-hybridized carbons (Fsp3) is 0.867. The van der Waals surface area contributed by atoms with Gasteiger partial charge in [-0.2, -0.15) is 0 Å². The average molecular weight is 296 g/mol. The number of nitrogens with one attached hydrogen (secondary N) is 1. The Hall–Kier alpha value is -0.710. The summed E-state index contributed by atoms with van der Waals surface area (Å²) < 4.78 is 0. The topological polar surface area (TPSA) is 69.2 Å². The van der Waals surface area contributed by atoms with E-state index < -0.39 is 11.2 Å². The molecule has 0 radical (unpaired) electrons. The number of carbonyl (C=O) groups is 2. The zero-order chi connectivity index (χ0) is 14.3. The largest absolute Gasteiger partial charge is 0.549 e. The molecule has 1 amide bonds. The summed E-state index contributed by atoms with van der Waals surface area (Å²) in [4.78, 5) is 22.8. The molecule has 0 aromatic heterocycles. The van der Waals surface area contributed by atoms with Crippen LogP contribution in [0.3, 0.4) is 0 Å². The molecule has 112 valence electrons. The minimum Gasteiger partial charge on any atom is -0.549 e. The van der Waals surface area contributed by atoms with Crippen LogP contribution >= 0.6 is 11.8 Å². The van der Waals surface area contributed by atoms with Crippen LogP contribution in [0.15, 0.2) is 0 Å². The smallest absolute Gasteiger partial charge is 0.230 e. The van der Waals surface area contributed by atoms with Gasteiger partial charge in [-0.25, -0.2) is 0 Å². The summed E-state index contributed by atoms with van der Waals surface area (Å²) >= 11 is 1.15. The summed E-state index contributed by atoms with van der Waals surface area (Å²) in [6.45, 7) is 1.57. The number of amides is 1. The van der Waals surface area contributed by atoms with Crippen LogP contribution in [0.25, 0.3) is 0 Å². The van der Waals surface area contributed by atoms with Gasteiger partial charge in [0, 0.05) is 10.8 Å². The van der Waals surface area contributed by atoms with Crippen molar-refractivity contribution in [1.82, 2.24) is 5.32 Å². The van der Waals surface area contributed by atoms with Crippen LogP contribution in [0, 0.1) is 17.8 Å². The predicted octanol–water partition coefficient (Wildman–Crippen LogP) is 0.943. The van der Waals surface area contributed by atoms with Gasteiger partial charge >= 0.3 is 0 Å². The van der Waals surface area contributed by atoms with Crippen molar-refractivity contribution in [1.29, 1.82) is 0 Å². The lowest BCUT2D eigenvalue weighted by Crippen LogP contribution is -2.60. The van der Waals surface area contributed by atoms with E-state index in [4.69, 9.17) is 0 Å². The monoisotopic (exact) mass is 296 g/mol. The molecule has 20 heavy (non-hydrogen) atoms.